The number of rotatable bonds is 2. The van der Waals surface area contributed by atoms with Gasteiger partial charge in [-0.1, -0.05) is 6.07 Å². The zero-order valence-corrected chi connectivity index (χ0v) is 11.3. The van der Waals surface area contributed by atoms with Crippen LogP contribution in [0.4, 0.5) is 5.69 Å². The molecular formula is C13H10N2OS2. The average Bonchev–Trinajstić information content (AvgIpc) is 2.97. The number of fused-ring (bicyclic) bond motifs is 1. The Morgan fingerprint density at radius 1 is 1.33 bits per heavy atom. The number of hydrogen-bond acceptors (Lipinski definition) is 5. The van der Waals surface area contributed by atoms with Crippen LogP contribution in [-0.2, 0) is 0 Å². The Bertz CT molecular complexity index is 729. The number of aromatic nitrogens is 1. The molecule has 0 fully saturated rings. The van der Waals surface area contributed by atoms with Gasteiger partial charge in [-0.3, -0.25) is 4.79 Å². The highest BCUT2D eigenvalue weighted by Gasteiger charge is 2.19. The summed E-state index contributed by atoms with van der Waals surface area (Å²) in [4.78, 5) is 18.8. The minimum absolute atomic E-state index is 0.0110. The molecule has 0 aliphatic heterocycles. The lowest BCUT2D eigenvalue weighted by Crippen LogP contribution is -1.99. The summed E-state index contributed by atoms with van der Waals surface area (Å²) in [7, 11) is 0. The third-order valence-corrected chi connectivity index (χ3v) is 4.67. The molecule has 0 bridgehead atoms. The van der Waals surface area contributed by atoms with Crippen LogP contribution in [0.2, 0.25) is 0 Å². The monoisotopic (exact) mass is 274 g/mol. The van der Waals surface area contributed by atoms with E-state index in [1.807, 2.05) is 36.6 Å². The molecule has 18 heavy (non-hydrogen) atoms. The van der Waals surface area contributed by atoms with Crippen molar-refractivity contribution in [1.29, 1.82) is 0 Å². The van der Waals surface area contributed by atoms with E-state index in [4.69, 9.17) is 5.73 Å². The number of nitrogen functional groups attached to an aromatic ring is 1. The summed E-state index contributed by atoms with van der Waals surface area (Å²) >= 11 is 2.79. The molecular weight excluding hydrogens is 264 g/mol. The standard InChI is InChI=1S/C13H10N2OS2/c1-7-4-5-8-10(14)12(18-13(8)15-7)11(16)9-3-2-6-17-9/h2-6H,14H2,1H3. The lowest BCUT2D eigenvalue weighted by Gasteiger charge is -1.95. The van der Waals surface area contributed by atoms with Gasteiger partial charge in [0.2, 0.25) is 5.78 Å². The van der Waals surface area contributed by atoms with E-state index in [2.05, 4.69) is 4.98 Å². The molecule has 2 N–H and O–H groups in total. The summed E-state index contributed by atoms with van der Waals surface area (Å²) in [6.07, 6.45) is 0. The van der Waals surface area contributed by atoms with Crippen molar-refractivity contribution in [2.45, 2.75) is 6.92 Å². The van der Waals surface area contributed by atoms with Gasteiger partial charge in [0.25, 0.3) is 0 Å². The van der Waals surface area contributed by atoms with E-state index in [-0.39, 0.29) is 5.78 Å². The first-order valence-corrected chi connectivity index (χ1v) is 7.10. The fraction of sp³-hybridized carbons (Fsp3) is 0.0769. The van der Waals surface area contributed by atoms with Gasteiger partial charge in [0.1, 0.15) is 9.71 Å². The minimum Gasteiger partial charge on any atom is -0.397 e. The van der Waals surface area contributed by atoms with E-state index in [1.165, 1.54) is 22.7 Å². The second kappa shape index (κ2) is 4.19. The van der Waals surface area contributed by atoms with Gasteiger partial charge in [-0.25, -0.2) is 4.98 Å². The second-order valence-electron chi connectivity index (χ2n) is 3.96. The average molecular weight is 274 g/mol. The number of hydrogen-bond donors (Lipinski definition) is 1. The molecule has 5 heteroatoms. The van der Waals surface area contributed by atoms with E-state index in [0.29, 0.717) is 15.4 Å². The van der Waals surface area contributed by atoms with Crippen molar-refractivity contribution in [1.82, 2.24) is 4.98 Å². The summed E-state index contributed by atoms with van der Waals surface area (Å²) in [5.74, 6) is -0.0110. The zero-order valence-electron chi connectivity index (χ0n) is 9.64. The summed E-state index contributed by atoms with van der Waals surface area (Å²) < 4.78 is 0. The molecule has 0 aromatic carbocycles. The highest BCUT2D eigenvalue weighted by Crippen LogP contribution is 2.34. The maximum atomic E-state index is 12.3. The van der Waals surface area contributed by atoms with Crippen LogP contribution in [0.5, 0.6) is 0 Å². The third kappa shape index (κ3) is 1.72. The number of thiophene rings is 2. The quantitative estimate of drug-likeness (QED) is 0.728. The molecule has 0 aliphatic rings. The topological polar surface area (TPSA) is 56.0 Å². The van der Waals surface area contributed by atoms with Gasteiger partial charge in [-0.2, -0.15) is 0 Å². The molecule has 0 saturated heterocycles. The van der Waals surface area contributed by atoms with Gasteiger partial charge in [0.15, 0.2) is 0 Å². The first-order chi connectivity index (χ1) is 8.66. The van der Waals surface area contributed by atoms with Crippen molar-refractivity contribution in [2.75, 3.05) is 5.73 Å². The summed E-state index contributed by atoms with van der Waals surface area (Å²) in [5, 5.41) is 2.75. The minimum atomic E-state index is -0.0110. The molecule has 3 rings (SSSR count). The molecule has 3 aromatic heterocycles. The number of aryl methyl sites for hydroxylation is 1. The van der Waals surface area contributed by atoms with Gasteiger partial charge >= 0.3 is 0 Å². The highest BCUT2D eigenvalue weighted by molar-refractivity contribution is 7.22. The highest BCUT2D eigenvalue weighted by atomic mass is 32.1. The molecule has 0 amide bonds. The van der Waals surface area contributed by atoms with Crippen LogP contribution in [0.25, 0.3) is 10.2 Å². The lowest BCUT2D eigenvalue weighted by atomic mass is 10.2. The third-order valence-electron chi connectivity index (χ3n) is 2.68. The number of carbonyl (C=O) groups is 1. The number of nitrogens with zero attached hydrogens (tertiary/aromatic N) is 1. The van der Waals surface area contributed by atoms with E-state index in [1.54, 1.807) is 0 Å². The Kier molecular flexibility index (Phi) is 2.65. The molecule has 3 heterocycles. The van der Waals surface area contributed by atoms with E-state index in [9.17, 15) is 4.79 Å². The number of ketones is 1. The Labute approximate surface area is 112 Å². The van der Waals surface area contributed by atoms with Crippen molar-refractivity contribution >= 4 is 44.4 Å². The molecule has 0 unspecified atom stereocenters. The SMILES string of the molecule is Cc1ccc2c(N)c(C(=O)c3cccs3)sc2n1. The lowest BCUT2D eigenvalue weighted by molar-refractivity contribution is 0.104. The van der Waals surface area contributed by atoms with Crippen LogP contribution >= 0.6 is 22.7 Å². The number of anilines is 1. The smallest absolute Gasteiger partial charge is 0.215 e. The molecule has 0 spiro atoms. The fourth-order valence-corrected chi connectivity index (χ4v) is 3.61. The zero-order chi connectivity index (χ0) is 12.7. The maximum absolute atomic E-state index is 12.3. The van der Waals surface area contributed by atoms with Gasteiger partial charge in [0, 0.05) is 11.1 Å². The normalized spacial score (nSPS) is 10.9. The molecule has 3 nitrogen and oxygen atoms in total. The maximum Gasteiger partial charge on any atom is 0.215 e. The van der Waals surface area contributed by atoms with Crippen molar-refractivity contribution < 1.29 is 4.79 Å². The van der Waals surface area contributed by atoms with Crippen LogP contribution in [0.1, 0.15) is 20.2 Å². The van der Waals surface area contributed by atoms with Gasteiger partial charge in [0.05, 0.1) is 10.6 Å². The fourth-order valence-electron chi connectivity index (χ4n) is 1.78. The predicted molar refractivity (Wildman–Crippen MR) is 76.5 cm³/mol. The van der Waals surface area contributed by atoms with Crippen LogP contribution < -0.4 is 5.73 Å². The summed E-state index contributed by atoms with van der Waals surface area (Å²) in [5.41, 5.74) is 7.52. The molecule has 90 valence electrons. The number of nitrogens with two attached hydrogens (primary N) is 1. The predicted octanol–water partition coefficient (Wildman–Crippen LogP) is 3.48. The Morgan fingerprint density at radius 3 is 2.89 bits per heavy atom. The van der Waals surface area contributed by atoms with Crippen molar-refractivity contribution in [2.24, 2.45) is 0 Å². The Hall–Kier alpha value is -1.72. The molecule has 0 atom stereocenters. The Morgan fingerprint density at radius 2 is 2.17 bits per heavy atom. The first-order valence-electron chi connectivity index (χ1n) is 5.40. The Balaban J connectivity index is 2.18. The molecule has 0 aliphatic carbocycles. The number of pyridine rings is 1. The van der Waals surface area contributed by atoms with E-state index < -0.39 is 0 Å². The summed E-state index contributed by atoms with van der Waals surface area (Å²) in [6.45, 7) is 1.93. The molecule has 0 radical (unpaired) electrons. The van der Waals surface area contributed by atoms with Crippen molar-refractivity contribution in [3.05, 3.63) is 45.1 Å². The first kappa shape index (κ1) is 11.4. The van der Waals surface area contributed by atoms with Crippen molar-refractivity contribution in [3.63, 3.8) is 0 Å². The van der Waals surface area contributed by atoms with Gasteiger partial charge in [-0.15, -0.1) is 22.7 Å². The molecule has 3 aromatic rings. The van der Waals surface area contributed by atoms with E-state index in [0.717, 1.165) is 15.9 Å². The largest absolute Gasteiger partial charge is 0.397 e. The van der Waals surface area contributed by atoms with Crippen LogP contribution in [0, 0.1) is 6.92 Å². The van der Waals surface area contributed by atoms with Gasteiger partial charge < -0.3 is 5.73 Å². The number of carbonyl (C=O) groups excluding carboxylic acids is 1. The van der Waals surface area contributed by atoms with Gasteiger partial charge in [-0.05, 0) is 30.5 Å². The van der Waals surface area contributed by atoms with Crippen LogP contribution in [0.3, 0.4) is 0 Å². The van der Waals surface area contributed by atoms with Crippen LogP contribution in [0.15, 0.2) is 29.6 Å². The van der Waals surface area contributed by atoms with E-state index >= 15 is 0 Å². The summed E-state index contributed by atoms with van der Waals surface area (Å²) in [6, 6.07) is 7.51. The molecule has 0 saturated carbocycles. The van der Waals surface area contributed by atoms with Crippen LogP contribution in [-0.4, -0.2) is 10.8 Å². The second-order valence-corrected chi connectivity index (χ2v) is 5.90. The van der Waals surface area contributed by atoms with Crippen molar-refractivity contribution in [3.8, 4) is 0 Å².